The highest BCUT2D eigenvalue weighted by molar-refractivity contribution is 9.10. The van der Waals surface area contributed by atoms with Crippen molar-refractivity contribution in [1.82, 2.24) is 10.2 Å². The molecule has 1 heterocycles. The molecule has 1 amide bonds. The molecule has 4 rings (SSSR count). The van der Waals surface area contributed by atoms with Crippen molar-refractivity contribution in [3.8, 4) is 5.75 Å². The number of carbonyl (C=O) groups excluding carboxylic acids is 1. The predicted molar refractivity (Wildman–Crippen MR) is 152 cm³/mol. The quantitative estimate of drug-likeness (QED) is 0.269. The van der Waals surface area contributed by atoms with Gasteiger partial charge in [-0.2, -0.15) is 0 Å². The molecule has 0 saturated carbocycles. The van der Waals surface area contributed by atoms with Gasteiger partial charge in [0.05, 0.1) is 11.1 Å². The Morgan fingerprint density at radius 2 is 1.89 bits per heavy atom. The zero-order valence-electron chi connectivity index (χ0n) is 20.9. The number of benzene rings is 3. The Hall–Kier alpha value is -2.67. The average Bonchev–Trinajstić information content (AvgIpc) is 2.92. The summed E-state index contributed by atoms with van der Waals surface area (Å²) in [5.74, 6) is 0.256. The number of halogens is 3. The summed E-state index contributed by atoms with van der Waals surface area (Å²) in [6.07, 6.45) is 3.20. The summed E-state index contributed by atoms with van der Waals surface area (Å²) in [7, 11) is 1.85. The maximum absolute atomic E-state index is 13.4. The molecule has 0 spiro atoms. The van der Waals surface area contributed by atoms with Crippen molar-refractivity contribution in [2.45, 2.75) is 25.7 Å². The molecule has 1 aliphatic heterocycles. The summed E-state index contributed by atoms with van der Waals surface area (Å²) in [5, 5.41) is 4.09. The third kappa shape index (κ3) is 7.44. The largest absolute Gasteiger partial charge is 0.492 e. The molecule has 1 aliphatic rings. The van der Waals surface area contributed by atoms with E-state index < -0.39 is 0 Å². The molecule has 1 N–H and O–H groups in total. The summed E-state index contributed by atoms with van der Waals surface area (Å²) < 4.78 is 19.9. The van der Waals surface area contributed by atoms with E-state index in [9.17, 15) is 9.18 Å². The second-order valence-corrected chi connectivity index (χ2v) is 10.4. The minimum atomic E-state index is -0.314. The van der Waals surface area contributed by atoms with Crippen LogP contribution in [0.1, 0.15) is 29.5 Å². The lowest BCUT2D eigenvalue weighted by atomic mass is 9.92. The van der Waals surface area contributed by atoms with Crippen LogP contribution in [0.2, 0.25) is 5.02 Å². The number of nitrogens with zero attached hydrogens (tertiary/aromatic N) is 1. The SMILES string of the molecule is CN(CCc1ccccc1Cl)C(=O)C1=C(c2ccc(CCCOc3cc(F)ccc3Br)cc2)CCNC1. The van der Waals surface area contributed by atoms with Gasteiger partial charge >= 0.3 is 0 Å². The van der Waals surface area contributed by atoms with Crippen LogP contribution in [0.5, 0.6) is 5.75 Å². The van der Waals surface area contributed by atoms with Crippen molar-refractivity contribution in [1.29, 1.82) is 0 Å². The molecule has 0 saturated heterocycles. The molecule has 0 fully saturated rings. The highest BCUT2D eigenvalue weighted by atomic mass is 79.9. The van der Waals surface area contributed by atoms with Gasteiger partial charge in [-0.05, 0) is 88.6 Å². The average molecular weight is 586 g/mol. The third-order valence-electron chi connectivity index (χ3n) is 6.56. The summed E-state index contributed by atoms with van der Waals surface area (Å²) in [6.45, 7) is 2.52. The Morgan fingerprint density at radius 3 is 2.68 bits per heavy atom. The van der Waals surface area contributed by atoms with Crippen molar-refractivity contribution < 1.29 is 13.9 Å². The molecule has 37 heavy (non-hydrogen) atoms. The summed E-state index contributed by atoms with van der Waals surface area (Å²) in [6, 6.07) is 20.6. The van der Waals surface area contributed by atoms with E-state index in [-0.39, 0.29) is 11.7 Å². The van der Waals surface area contributed by atoms with Gasteiger partial charge in [-0.3, -0.25) is 4.79 Å². The van der Waals surface area contributed by atoms with Gasteiger partial charge in [0.1, 0.15) is 11.6 Å². The number of rotatable bonds is 10. The summed E-state index contributed by atoms with van der Waals surface area (Å²) in [5.41, 5.74) is 5.27. The number of likely N-dealkylation sites (N-methyl/N-ethyl adjacent to an activating group) is 1. The topological polar surface area (TPSA) is 41.6 Å². The Kier molecular flexibility index (Phi) is 9.78. The van der Waals surface area contributed by atoms with Crippen LogP contribution in [0.3, 0.4) is 0 Å². The third-order valence-corrected chi connectivity index (χ3v) is 7.58. The molecule has 0 atom stereocenters. The van der Waals surface area contributed by atoms with Gasteiger partial charge < -0.3 is 15.0 Å². The van der Waals surface area contributed by atoms with Crippen molar-refractivity contribution >= 4 is 39.0 Å². The molecule has 0 unspecified atom stereocenters. The van der Waals surface area contributed by atoms with Gasteiger partial charge in [0.2, 0.25) is 0 Å². The van der Waals surface area contributed by atoms with Crippen molar-refractivity contribution in [3.05, 3.63) is 104 Å². The minimum absolute atomic E-state index is 0.0546. The van der Waals surface area contributed by atoms with Crippen molar-refractivity contribution in [3.63, 3.8) is 0 Å². The lowest BCUT2D eigenvalue weighted by Crippen LogP contribution is -2.36. The smallest absolute Gasteiger partial charge is 0.251 e. The maximum Gasteiger partial charge on any atom is 0.251 e. The number of hydrogen-bond acceptors (Lipinski definition) is 3. The van der Waals surface area contributed by atoms with E-state index in [1.807, 2.05) is 31.3 Å². The monoisotopic (exact) mass is 584 g/mol. The van der Waals surface area contributed by atoms with Crippen LogP contribution < -0.4 is 10.1 Å². The molecule has 7 heteroatoms. The second-order valence-electron chi connectivity index (χ2n) is 9.18. The normalized spacial score (nSPS) is 13.5. The Balaban J connectivity index is 1.36. The van der Waals surface area contributed by atoms with Crippen LogP contribution in [0, 0.1) is 5.82 Å². The van der Waals surface area contributed by atoms with E-state index >= 15 is 0 Å². The van der Waals surface area contributed by atoms with Gasteiger partial charge in [-0.25, -0.2) is 4.39 Å². The Labute approximate surface area is 231 Å². The van der Waals surface area contributed by atoms with Crippen molar-refractivity contribution in [2.24, 2.45) is 0 Å². The van der Waals surface area contributed by atoms with Gasteiger partial charge in [0, 0.05) is 36.8 Å². The molecule has 3 aromatic rings. The van der Waals surface area contributed by atoms with Gasteiger partial charge in [-0.15, -0.1) is 0 Å². The highest BCUT2D eigenvalue weighted by Gasteiger charge is 2.23. The van der Waals surface area contributed by atoms with Crippen LogP contribution in [-0.4, -0.2) is 44.1 Å². The first-order chi connectivity index (χ1) is 17.9. The van der Waals surface area contributed by atoms with Crippen molar-refractivity contribution in [2.75, 3.05) is 33.3 Å². The lowest BCUT2D eigenvalue weighted by Gasteiger charge is -2.25. The molecule has 0 radical (unpaired) electrons. The van der Waals surface area contributed by atoms with Gasteiger partial charge in [0.15, 0.2) is 0 Å². The van der Waals surface area contributed by atoms with Crippen LogP contribution in [0.25, 0.3) is 5.57 Å². The van der Waals surface area contributed by atoms with Gasteiger partial charge in [0.25, 0.3) is 5.91 Å². The van der Waals surface area contributed by atoms with Crippen LogP contribution in [0.4, 0.5) is 4.39 Å². The van der Waals surface area contributed by atoms with E-state index in [1.165, 1.54) is 17.7 Å². The fourth-order valence-corrected chi connectivity index (χ4v) is 5.04. The van der Waals surface area contributed by atoms with E-state index in [4.69, 9.17) is 16.3 Å². The zero-order chi connectivity index (χ0) is 26.2. The van der Waals surface area contributed by atoms with Gasteiger partial charge in [-0.1, -0.05) is 54.1 Å². The number of carbonyl (C=O) groups is 1. The minimum Gasteiger partial charge on any atom is -0.492 e. The molecular weight excluding hydrogens is 555 g/mol. The molecule has 4 nitrogen and oxygen atoms in total. The standard InChI is InChI=1S/C30H31BrClFN2O2/c1-35(17-15-23-6-2-3-7-28(23)32)30(36)26-20-34-16-14-25(26)22-10-8-21(9-11-22)5-4-18-37-29-19-24(33)12-13-27(29)31/h2-3,6-13,19,34H,4-5,14-18,20H2,1H3. The fraction of sp³-hybridized carbons (Fsp3) is 0.300. The maximum atomic E-state index is 13.4. The molecule has 0 aromatic heterocycles. The summed E-state index contributed by atoms with van der Waals surface area (Å²) in [4.78, 5) is 15.1. The molecule has 0 bridgehead atoms. The number of nitrogens with one attached hydrogen (secondary N) is 1. The number of amides is 1. The first-order valence-corrected chi connectivity index (χ1v) is 13.7. The van der Waals surface area contributed by atoms with Crippen LogP contribution in [0.15, 0.2) is 76.8 Å². The number of hydrogen-bond donors (Lipinski definition) is 1. The molecule has 3 aromatic carbocycles. The first kappa shape index (κ1) is 27.4. The predicted octanol–water partition coefficient (Wildman–Crippen LogP) is 6.70. The van der Waals surface area contributed by atoms with Crippen LogP contribution in [-0.2, 0) is 17.6 Å². The fourth-order valence-electron chi connectivity index (χ4n) is 4.45. The number of ether oxygens (including phenoxy) is 1. The molecule has 194 valence electrons. The number of aryl methyl sites for hydroxylation is 1. The summed E-state index contributed by atoms with van der Waals surface area (Å²) >= 11 is 9.67. The highest BCUT2D eigenvalue weighted by Crippen LogP contribution is 2.28. The Morgan fingerprint density at radius 1 is 1.11 bits per heavy atom. The second kappa shape index (κ2) is 13.2. The lowest BCUT2D eigenvalue weighted by molar-refractivity contribution is -0.125. The van der Waals surface area contributed by atoms with E-state index in [1.54, 1.807) is 11.0 Å². The van der Waals surface area contributed by atoms with E-state index in [2.05, 4.69) is 45.5 Å². The van der Waals surface area contributed by atoms with E-state index in [0.717, 1.165) is 57.6 Å². The molecular formula is C30H31BrClFN2O2. The Bertz CT molecular complexity index is 1260. The first-order valence-electron chi connectivity index (χ1n) is 12.5. The molecule has 0 aliphatic carbocycles. The zero-order valence-corrected chi connectivity index (χ0v) is 23.2. The van der Waals surface area contributed by atoms with E-state index in [0.29, 0.717) is 31.9 Å². The van der Waals surface area contributed by atoms with Crippen LogP contribution >= 0.6 is 27.5 Å².